The van der Waals surface area contributed by atoms with E-state index in [-0.39, 0.29) is 5.78 Å². The minimum absolute atomic E-state index is 0.0185. The summed E-state index contributed by atoms with van der Waals surface area (Å²) in [7, 11) is 0. The molecule has 28 heavy (non-hydrogen) atoms. The van der Waals surface area contributed by atoms with Gasteiger partial charge in [-0.25, -0.2) is 0 Å². The summed E-state index contributed by atoms with van der Waals surface area (Å²) < 4.78 is 1.21. The second-order valence-corrected chi connectivity index (χ2v) is 7.81. The van der Waals surface area contributed by atoms with Crippen LogP contribution in [0.4, 0.5) is 0 Å². The molecule has 0 saturated carbocycles. The Hall–Kier alpha value is -1.67. The SMILES string of the molecule is C=C/C(C)=C(C)\C=C(\C)CCC.C=CC(C)=O.CCCc1ccc(Br)c(C)c1. The minimum atomic E-state index is 0.0185. The highest BCUT2D eigenvalue weighted by molar-refractivity contribution is 9.10. The lowest BCUT2D eigenvalue weighted by Gasteiger charge is -2.01. The van der Waals surface area contributed by atoms with Crippen molar-refractivity contribution in [2.45, 2.75) is 74.1 Å². The molecule has 0 radical (unpaired) electrons. The first kappa shape index (κ1) is 28.5. The van der Waals surface area contributed by atoms with E-state index in [4.69, 9.17) is 0 Å². The molecule has 1 rings (SSSR count). The van der Waals surface area contributed by atoms with Crippen molar-refractivity contribution in [1.29, 1.82) is 0 Å². The maximum Gasteiger partial charge on any atom is 0.152 e. The van der Waals surface area contributed by atoms with Gasteiger partial charge in [-0.15, -0.1) is 0 Å². The summed E-state index contributed by atoms with van der Waals surface area (Å²) in [5.41, 5.74) is 6.82. The van der Waals surface area contributed by atoms with Crippen LogP contribution in [0, 0.1) is 6.92 Å². The number of ketones is 1. The molecule has 0 bridgehead atoms. The number of hydrogen-bond donors (Lipinski definition) is 0. The predicted molar refractivity (Wildman–Crippen MR) is 131 cm³/mol. The Morgan fingerprint density at radius 3 is 1.96 bits per heavy atom. The van der Waals surface area contributed by atoms with E-state index in [1.807, 2.05) is 6.08 Å². The summed E-state index contributed by atoms with van der Waals surface area (Å²) in [6.07, 6.45) is 10.3. The molecule has 156 valence electrons. The summed E-state index contributed by atoms with van der Waals surface area (Å²) in [5, 5.41) is 0. The molecule has 0 unspecified atom stereocenters. The number of allylic oxidation sites excluding steroid dienone is 6. The first-order chi connectivity index (χ1) is 13.1. The van der Waals surface area contributed by atoms with E-state index in [1.54, 1.807) is 0 Å². The van der Waals surface area contributed by atoms with Crippen LogP contribution in [0.15, 0.2) is 70.8 Å². The van der Waals surface area contributed by atoms with E-state index in [9.17, 15) is 4.79 Å². The Morgan fingerprint density at radius 2 is 1.57 bits per heavy atom. The molecule has 0 heterocycles. The molecule has 0 fully saturated rings. The molecule has 1 aromatic carbocycles. The first-order valence-electron chi connectivity index (χ1n) is 9.97. The zero-order valence-electron chi connectivity index (χ0n) is 19.0. The Balaban J connectivity index is 0. The first-order valence-corrected chi connectivity index (χ1v) is 10.8. The van der Waals surface area contributed by atoms with Crippen molar-refractivity contribution in [2.24, 2.45) is 0 Å². The molecule has 1 nitrogen and oxygen atoms in total. The minimum Gasteiger partial charge on any atom is -0.295 e. The maximum atomic E-state index is 9.69. The molecule has 0 saturated heterocycles. The lowest BCUT2D eigenvalue weighted by atomic mass is 10.1. The van der Waals surface area contributed by atoms with Crippen LogP contribution in [0.2, 0.25) is 0 Å². The normalized spacial score (nSPS) is 11.2. The summed E-state index contributed by atoms with van der Waals surface area (Å²) in [5.74, 6) is 0.0185. The summed E-state index contributed by atoms with van der Waals surface area (Å²) >= 11 is 3.48. The van der Waals surface area contributed by atoms with Crippen molar-refractivity contribution in [2.75, 3.05) is 0 Å². The van der Waals surface area contributed by atoms with E-state index in [0.29, 0.717) is 0 Å². The molecule has 2 heteroatoms. The standard InChI is InChI=1S/C12H20.C10H13Br.C4H6O/c1-6-8-10(3)9-12(5)11(4)7-2;1-3-4-9-5-6-10(11)8(2)7-9;1-3-4(2)5/h7,9H,2,6,8H2,1,3-5H3;5-7H,3-4H2,1-2H3;3H,1H2,2H3/b10-9-,12-11-;;. The summed E-state index contributed by atoms with van der Waals surface area (Å²) in [6, 6.07) is 6.55. The lowest BCUT2D eigenvalue weighted by Crippen LogP contribution is -1.84. The fraction of sp³-hybridized carbons (Fsp3) is 0.423. The van der Waals surface area contributed by atoms with Crippen LogP contribution in [-0.2, 0) is 11.2 Å². The Labute approximate surface area is 182 Å². The molecular formula is C26H39BrO. The number of benzene rings is 1. The van der Waals surface area contributed by atoms with Crippen LogP contribution >= 0.6 is 15.9 Å². The van der Waals surface area contributed by atoms with Gasteiger partial charge in [0.2, 0.25) is 0 Å². The highest BCUT2D eigenvalue weighted by atomic mass is 79.9. The van der Waals surface area contributed by atoms with Gasteiger partial charge in [0.1, 0.15) is 0 Å². The van der Waals surface area contributed by atoms with E-state index in [0.717, 1.165) is 0 Å². The number of halogens is 1. The third-order valence-electron chi connectivity index (χ3n) is 4.08. The van der Waals surface area contributed by atoms with Crippen molar-refractivity contribution in [3.63, 3.8) is 0 Å². The van der Waals surface area contributed by atoms with Gasteiger partial charge in [0.05, 0.1) is 0 Å². The van der Waals surface area contributed by atoms with Crippen molar-refractivity contribution >= 4 is 21.7 Å². The highest BCUT2D eigenvalue weighted by Gasteiger charge is 1.95. The predicted octanol–water partition coefficient (Wildman–Crippen LogP) is 8.73. The molecule has 0 aliphatic heterocycles. The molecule has 0 aliphatic carbocycles. The van der Waals surface area contributed by atoms with E-state index in [2.05, 4.69) is 94.9 Å². The fourth-order valence-corrected chi connectivity index (χ4v) is 2.51. The van der Waals surface area contributed by atoms with Crippen LogP contribution in [0.5, 0.6) is 0 Å². The highest BCUT2D eigenvalue weighted by Crippen LogP contribution is 2.17. The summed E-state index contributed by atoms with van der Waals surface area (Å²) in [4.78, 5) is 9.69. The average Bonchev–Trinajstić information content (AvgIpc) is 2.65. The molecule has 0 amide bonds. The Bertz CT molecular complexity index is 678. The van der Waals surface area contributed by atoms with Gasteiger partial charge >= 0.3 is 0 Å². The maximum absolute atomic E-state index is 9.69. The number of carbonyl (C=O) groups excluding carboxylic acids is 1. The number of rotatable bonds is 7. The summed E-state index contributed by atoms with van der Waals surface area (Å²) in [6.45, 7) is 21.4. The molecule has 0 aliphatic rings. The van der Waals surface area contributed by atoms with E-state index < -0.39 is 0 Å². The van der Waals surface area contributed by atoms with Crippen molar-refractivity contribution < 1.29 is 4.79 Å². The third kappa shape index (κ3) is 15.4. The van der Waals surface area contributed by atoms with Gasteiger partial charge in [0.15, 0.2) is 5.78 Å². The van der Waals surface area contributed by atoms with Crippen molar-refractivity contribution in [1.82, 2.24) is 0 Å². The van der Waals surface area contributed by atoms with Gasteiger partial charge in [0, 0.05) is 4.47 Å². The quantitative estimate of drug-likeness (QED) is 0.302. The van der Waals surface area contributed by atoms with Gasteiger partial charge in [-0.2, -0.15) is 0 Å². The van der Waals surface area contributed by atoms with Crippen LogP contribution in [0.1, 0.15) is 71.9 Å². The number of aryl methyl sites for hydroxylation is 2. The number of hydrogen-bond acceptors (Lipinski definition) is 1. The molecule has 0 spiro atoms. The second kappa shape index (κ2) is 17.4. The zero-order chi connectivity index (χ0) is 22.1. The topological polar surface area (TPSA) is 17.1 Å². The van der Waals surface area contributed by atoms with Gasteiger partial charge in [-0.05, 0) is 81.9 Å². The Kier molecular flexibility index (Phi) is 17.8. The molecular weight excluding hydrogens is 408 g/mol. The van der Waals surface area contributed by atoms with Gasteiger partial charge in [-0.1, -0.05) is 85.6 Å². The van der Waals surface area contributed by atoms with Crippen LogP contribution in [0.3, 0.4) is 0 Å². The largest absolute Gasteiger partial charge is 0.295 e. The third-order valence-corrected chi connectivity index (χ3v) is 4.97. The number of carbonyl (C=O) groups is 1. The van der Waals surface area contributed by atoms with Crippen molar-refractivity contribution in [3.05, 3.63) is 81.9 Å². The van der Waals surface area contributed by atoms with E-state index >= 15 is 0 Å². The Morgan fingerprint density at radius 1 is 1.00 bits per heavy atom. The molecule has 0 atom stereocenters. The fourth-order valence-electron chi connectivity index (χ4n) is 2.26. The van der Waals surface area contributed by atoms with Crippen LogP contribution in [0.25, 0.3) is 0 Å². The monoisotopic (exact) mass is 446 g/mol. The zero-order valence-corrected chi connectivity index (χ0v) is 20.6. The molecule has 1 aromatic rings. The van der Waals surface area contributed by atoms with Gasteiger partial charge < -0.3 is 0 Å². The lowest BCUT2D eigenvalue weighted by molar-refractivity contribution is -0.112. The second-order valence-electron chi connectivity index (χ2n) is 6.96. The van der Waals surface area contributed by atoms with Crippen LogP contribution in [-0.4, -0.2) is 5.78 Å². The van der Waals surface area contributed by atoms with Crippen LogP contribution < -0.4 is 0 Å². The van der Waals surface area contributed by atoms with Crippen molar-refractivity contribution in [3.8, 4) is 0 Å². The van der Waals surface area contributed by atoms with Gasteiger partial charge in [0.25, 0.3) is 0 Å². The molecule has 0 N–H and O–H groups in total. The average molecular weight is 448 g/mol. The van der Waals surface area contributed by atoms with E-state index in [1.165, 1.54) is 71.0 Å². The van der Waals surface area contributed by atoms with Gasteiger partial charge in [-0.3, -0.25) is 4.79 Å². The molecule has 0 aromatic heterocycles. The smallest absolute Gasteiger partial charge is 0.152 e.